The smallest absolute Gasteiger partial charge is 0.259 e. The number of hydrogen-bond acceptors (Lipinski definition) is 5. The van der Waals surface area contributed by atoms with Crippen molar-refractivity contribution in [2.45, 2.75) is 13.0 Å². The summed E-state index contributed by atoms with van der Waals surface area (Å²) in [6.07, 6.45) is 2.11. The van der Waals surface area contributed by atoms with E-state index in [-0.39, 0.29) is 11.7 Å². The number of amides is 1. The molecule has 3 aromatic rings. The predicted molar refractivity (Wildman–Crippen MR) is 99.9 cm³/mol. The van der Waals surface area contributed by atoms with Crippen LogP contribution in [0.3, 0.4) is 0 Å². The van der Waals surface area contributed by atoms with Crippen molar-refractivity contribution in [2.24, 2.45) is 0 Å². The average molecular weight is 382 g/mol. The zero-order chi connectivity index (χ0) is 19.7. The van der Waals surface area contributed by atoms with Gasteiger partial charge in [-0.2, -0.15) is 0 Å². The molecule has 0 unspecified atom stereocenters. The minimum absolute atomic E-state index is 0.180. The molecule has 2 aromatic carbocycles. The Morgan fingerprint density at radius 1 is 1.11 bits per heavy atom. The molecular formula is C21H19FN2O4. The van der Waals surface area contributed by atoms with E-state index in [1.165, 1.54) is 18.3 Å². The summed E-state index contributed by atoms with van der Waals surface area (Å²) in [4.78, 5) is 14.8. The molecule has 1 aliphatic rings. The molecule has 4 rings (SSSR count). The second kappa shape index (κ2) is 7.34. The van der Waals surface area contributed by atoms with Gasteiger partial charge in [0.05, 0.1) is 20.4 Å². The van der Waals surface area contributed by atoms with E-state index in [9.17, 15) is 9.18 Å². The fourth-order valence-corrected chi connectivity index (χ4v) is 3.43. The minimum atomic E-state index is -0.354. The molecule has 0 N–H and O–H groups in total. The highest BCUT2D eigenvalue weighted by Crippen LogP contribution is 2.34. The van der Waals surface area contributed by atoms with Crippen molar-refractivity contribution >= 4 is 5.91 Å². The molecule has 0 fully saturated rings. The Morgan fingerprint density at radius 2 is 1.79 bits per heavy atom. The molecule has 0 radical (unpaired) electrons. The summed E-state index contributed by atoms with van der Waals surface area (Å²) in [5.41, 5.74) is 3.10. The van der Waals surface area contributed by atoms with Crippen LogP contribution in [0.1, 0.15) is 21.5 Å². The monoisotopic (exact) mass is 382 g/mol. The minimum Gasteiger partial charge on any atom is -0.493 e. The highest BCUT2D eigenvalue weighted by molar-refractivity contribution is 5.99. The Balaban J connectivity index is 1.61. The number of carbonyl (C=O) groups is 1. The van der Waals surface area contributed by atoms with Crippen LogP contribution in [0.4, 0.5) is 4.39 Å². The fourth-order valence-electron chi connectivity index (χ4n) is 3.43. The van der Waals surface area contributed by atoms with Crippen LogP contribution in [0.25, 0.3) is 11.3 Å². The summed E-state index contributed by atoms with van der Waals surface area (Å²) >= 11 is 0. The van der Waals surface area contributed by atoms with Gasteiger partial charge >= 0.3 is 0 Å². The standard InChI is InChI=1S/C21H19FN2O4/c1-26-18-9-14-7-8-24(12-15(14)10-19(18)27-2)21(25)17-11-23-28-20(17)13-3-5-16(22)6-4-13/h3-6,9-11H,7-8,12H2,1-2H3. The third-order valence-corrected chi connectivity index (χ3v) is 4.91. The number of benzene rings is 2. The maximum Gasteiger partial charge on any atom is 0.259 e. The maximum atomic E-state index is 13.2. The molecule has 1 aromatic heterocycles. The van der Waals surface area contributed by atoms with Crippen molar-refractivity contribution in [3.63, 3.8) is 0 Å². The molecule has 0 saturated heterocycles. The second-order valence-corrected chi connectivity index (χ2v) is 6.53. The first kappa shape index (κ1) is 18.0. The summed E-state index contributed by atoms with van der Waals surface area (Å²) in [6, 6.07) is 9.64. The lowest BCUT2D eigenvalue weighted by Crippen LogP contribution is -2.36. The van der Waals surface area contributed by atoms with Crippen molar-refractivity contribution in [1.29, 1.82) is 0 Å². The van der Waals surface area contributed by atoms with Gasteiger partial charge < -0.3 is 18.9 Å². The van der Waals surface area contributed by atoms with Gasteiger partial charge in [-0.15, -0.1) is 0 Å². The number of nitrogens with zero attached hydrogens (tertiary/aromatic N) is 2. The van der Waals surface area contributed by atoms with Gasteiger partial charge in [0.1, 0.15) is 11.4 Å². The molecular weight excluding hydrogens is 363 g/mol. The van der Waals surface area contributed by atoms with Gasteiger partial charge in [-0.1, -0.05) is 5.16 Å². The number of aromatic nitrogens is 1. The fraction of sp³-hybridized carbons (Fsp3) is 0.238. The third kappa shape index (κ3) is 3.19. The van der Waals surface area contributed by atoms with E-state index in [4.69, 9.17) is 14.0 Å². The van der Waals surface area contributed by atoms with Crippen LogP contribution in [0.2, 0.25) is 0 Å². The van der Waals surface area contributed by atoms with E-state index in [2.05, 4.69) is 5.16 Å². The Bertz CT molecular complexity index is 1010. The van der Waals surface area contributed by atoms with Crippen LogP contribution in [-0.4, -0.2) is 36.7 Å². The molecule has 1 amide bonds. The van der Waals surface area contributed by atoms with Crippen LogP contribution in [0, 0.1) is 5.82 Å². The Morgan fingerprint density at radius 3 is 2.46 bits per heavy atom. The van der Waals surface area contributed by atoms with Gasteiger partial charge in [0, 0.05) is 18.7 Å². The second-order valence-electron chi connectivity index (χ2n) is 6.53. The van der Waals surface area contributed by atoms with E-state index in [0.717, 1.165) is 11.1 Å². The summed E-state index contributed by atoms with van der Waals surface area (Å²) in [7, 11) is 3.19. The van der Waals surface area contributed by atoms with E-state index >= 15 is 0 Å². The van der Waals surface area contributed by atoms with Crippen LogP contribution in [0.5, 0.6) is 11.5 Å². The molecule has 0 spiro atoms. The van der Waals surface area contributed by atoms with Crippen molar-refractivity contribution in [3.05, 3.63) is 65.1 Å². The number of rotatable bonds is 4. The first-order valence-corrected chi connectivity index (χ1v) is 8.84. The zero-order valence-corrected chi connectivity index (χ0v) is 15.6. The lowest BCUT2D eigenvalue weighted by Gasteiger charge is -2.29. The van der Waals surface area contributed by atoms with Gasteiger partial charge in [-0.05, 0) is 53.9 Å². The summed E-state index contributed by atoms with van der Waals surface area (Å²) in [5, 5.41) is 3.78. The van der Waals surface area contributed by atoms with Crippen LogP contribution in [0.15, 0.2) is 47.1 Å². The summed E-state index contributed by atoms with van der Waals surface area (Å²) < 4.78 is 29.2. The summed E-state index contributed by atoms with van der Waals surface area (Å²) in [5.74, 6) is 1.11. The number of ether oxygens (including phenoxy) is 2. The van der Waals surface area contributed by atoms with Gasteiger partial charge in [0.25, 0.3) is 5.91 Å². The molecule has 2 heterocycles. The maximum absolute atomic E-state index is 13.2. The SMILES string of the molecule is COc1cc2c(cc1OC)CN(C(=O)c1cnoc1-c1ccc(F)cc1)CC2. The van der Waals surface area contributed by atoms with Crippen molar-refractivity contribution < 1.29 is 23.2 Å². The van der Waals surface area contributed by atoms with E-state index in [0.29, 0.717) is 47.9 Å². The molecule has 7 heteroatoms. The molecule has 0 atom stereocenters. The highest BCUT2D eigenvalue weighted by atomic mass is 19.1. The Labute approximate surface area is 161 Å². The molecule has 1 aliphatic heterocycles. The normalized spacial score (nSPS) is 13.2. The third-order valence-electron chi connectivity index (χ3n) is 4.91. The average Bonchev–Trinajstić information content (AvgIpc) is 3.22. The Hall–Kier alpha value is -3.35. The van der Waals surface area contributed by atoms with Crippen molar-refractivity contribution in [2.75, 3.05) is 20.8 Å². The molecule has 0 bridgehead atoms. The quantitative estimate of drug-likeness (QED) is 0.689. The lowest BCUT2D eigenvalue weighted by atomic mass is 9.98. The number of carbonyl (C=O) groups excluding carboxylic acids is 1. The van der Waals surface area contributed by atoms with Crippen molar-refractivity contribution in [3.8, 4) is 22.8 Å². The molecule has 28 heavy (non-hydrogen) atoms. The summed E-state index contributed by atoms with van der Waals surface area (Å²) in [6.45, 7) is 1.01. The van der Waals surface area contributed by atoms with Crippen LogP contribution < -0.4 is 9.47 Å². The molecule has 6 nitrogen and oxygen atoms in total. The van der Waals surface area contributed by atoms with E-state index in [1.54, 1.807) is 31.3 Å². The topological polar surface area (TPSA) is 64.8 Å². The molecule has 144 valence electrons. The Kier molecular flexibility index (Phi) is 4.73. The van der Waals surface area contributed by atoms with E-state index < -0.39 is 0 Å². The number of fused-ring (bicyclic) bond motifs is 1. The predicted octanol–water partition coefficient (Wildman–Crippen LogP) is 3.70. The van der Waals surface area contributed by atoms with Gasteiger partial charge in [0.15, 0.2) is 17.3 Å². The first-order chi connectivity index (χ1) is 13.6. The highest BCUT2D eigenvalue weighted by Gasteiger charge is 2.27. The zero-order valence-electron chi connectivity index (χ0n) is 15.6. The number of methoxy groups -OCH3 is 2. The number of hydrogen-bond donors (Lipinski definition) is 0. The van der Waals surface area contributed by atoms with E-state index in [1.807, 2.05) is 12.1 Å². The van der Waals surface area contributed by atoms with Gasteiger partial charge in [-0.3, -0.25) is 4.79 Å². The van der Waals surface area contributed by atoms with Crippen LogP contribution >= 0.6 is 0 Å². The largest absolute Gasteiger partial charge is 0.493 e. The molecule has 0 aliphatic carbocycles. The number of halogens is 1. The first-order valence-electron chi connectivity index (χ1n) is 8.84. The lowest BCUT2D eigenvalue weighted by molar-refractivity contribution is 0.0734. The van der Waals surface area contributed by atoms with Crippen molar-refractivity contribution in [1.82, 2.24) is 10.1 Å². The van der Waals surface area contributed by atoms with Gasteiger partial charge in [-0.25, -0.2) is 4.39 Å². The van der Waals surface area contributed by atoms with Gasteiger partial charge in [0.2, 0.25) is 0 Å². The molecule has 0 saturated carbocycles. The van der Waals surface area contributed by atoms with Crippen LogP contribution in [-0.2, 0) is 13.0 Å².